The Labute approximate surface area is 101 Å². The first kappa shape index (κ1) is 13.2. The van der Waals surface area contributed by atoms with Gasteiger partial charge in [-0.05, 0) is 38.1 Å². The van der Waals surface area contributed by atoms with Crippen LogP contribution >= 0.6 is 0 Å². The molecule has 0 atom stereocenters. The third-order valence-electron chi connectivity index (χ3n) is 2.76. The van der Waals surface area contributed by atoms with Crippen LogP contribution in [-0.4, -0.2) is 18.9 Å². The Balaban J connectivity index is 3.42. The lowest BCUT2D eigenvalue weighted by Crippen LogP contribution is -2.23. The zero-order valence-corrected chi connectivity index (χ0v) is 10.4. The number of Topliss-reactive ketones (excluding diaryl/α,β-unsaturated/α-hetero) is 1. The van der Waals surface area contributed by atoms with Crippen LogP contribution in [0.2, 0.25) is 0 Å². The number of hydrogen-bond acceptors (Lipinski definition) is 5. The Bertz CT molecular complexity index is 440. The highest BCUT2D eigenvalue weighted by Crippen LogP contribution is 2.33. The van der Waals surface area contributed by atoms with E-state index in [1.165, 1.54) is 13.0 Å². The van der Waals surface area contributed by atoms with Crippen molar-refractivity contribution in [1.29, 1.82) is 0 Å². The van der Waals surface area contributed by atoms with E-state index in [1.807, 2.05) is 18.7 Å². The van der Waals surface area contributed by atoms with Crippen LogP contribution in [0, 0.1) is 4.91 Å². The van der Waals surface area contributed by atoms with Crippen LogP contribution in [0.15, 0.2) is 17.3 Å². The predicted octanol–water partition coefficient (Wildman–Crippen LogP) is 2.72. The zero-order valence-electron chi connectivity index (χ0n) is 10.4. The van der Waals surface area contributed by atoms with Crippen LogP contribution in [0.5, 0.6) is 0 Å². The monoisotopic (exact) mass is 235 g/mol. The Kier molecular flexibility index (Phi) is 4.20. The van der Waals surface area contributed by atoms with E-state index in [2.05, 4.69) is 5.18 Å². The van der Waals surface area contributed by atoms with Crippen LogP contribution < -0.4 is 10.6 Å². The summed E-state index contributed by atoms with van der Waals surface area (Å²) in [5, 5.41) is 2.84. The third kappa shape index (κ3) is 2.43. The molecule has 2 N–H and O–H groups in total. The largest absolute Gasteiger partial charge is 0.396 e. The maximum atomic E-state index is 11.5. The molecule has 0 aliphatic rings. The number of nitrogen functional groups attached to an aromatic ring is 1. The van der Waals surface area contributed by atoms with Gasteiger partial charge < -0.3 is 10.6 Å². The molecular formula is C12H17N3O2. The molecule has 0 bridgehead atoms. The fraction of sp³-hybridized carbons (Fsp3) is 0.417. The van der Waals surface area contributed by atoms with Crippen molar-refractivity contribution in [2.45, 2.75) is 20.8 Å². The van der Waals surface area contributed by atoms with Crippen molar-refractivity contribution in [2.75, 3.05) is 23.7 Å². The van der Waals surface area contributed by atoms with E-state index in [0.29, 0.717) is 5.69 Å². The lowest BCUT2D eigenvalue weighted by Gasteiger charge is -2.24. The normalized spacial score (nSPS) is 10.1. The van der Waals surface area contributed by atoms with Gasteiger partial charge in [-0.1, -0.05) is 0 Å². The van der Waals surface area contributed by atoms with Crippen molar-refractivity contribution >= 4 is 22.8 Å². The molecule has 5 heteroatoms. The van der Waals surface area contributed by atoms with Gasteiger partial charge in [0.1, 0.15) is 5.69 Å². The van der Waals surface area contributed by atoms with Gasteiger partial charge in [0.2, 0.25) is 0 Å². The van der Waals surface area contributed by atoms with E-state index < -0.39 is 0 Å². The summed E-state index contributed by atoms with van der Waals surface area (Å²) >= 11 is 0. The zero-order chi connectivity index (χ0) is 13.0. The van der Waals surface area contributed by atoms with E-state index in [9.17, 15) is 9.70 Å². The Morgan fingerprint density at radius 2 is 1.94 bits per heavy atom. The SMILES string of the molecule is CCN(CC)c1ccc(N=O)c(C(C)=O)c1N. The standard InChI is InChI=1S/C12H17N3O2/c1-4-15(5-2)10-7-6-9(14-17)11(8(3)16)12(10)13/h6-7H,4-5,13H2,1-3H3. The molecular weight excluding hydrogens is 218 g/mol. The first-order valence-electron chi connectivity index (χ1n) is 5.58. The minimum absolute atomic E-state index is 0.103. The molecule has 5 nitrogen and oxygen atoms in total. The number of carbonyl (C=O) groups is 1. The van der Waals surface area contributed by atoms with Gasteiger partial charge in [-0.3, -0.25) is 4.79 Å². The van der Waals surface area contributed by atoms with Crippen molar-refractivity contribution in [3.8, 4) is 0 Å². The molecule has 0 aliphatic carbocycles. The van der Waals surface area contributed by atoms with Gasteiger partial charge in [-0.25, -0.2) is 0 Å². The highest BCUT2D eigenvalue weighted by Gasteiger charge is 2.17. The molecule has 92 valence electrons. The summed E-state index contributed by atoms with van der Waals surface area (Å²) in [6.07, 6.45) is 0. The maximum Gasteiger partial charge on any atom is 0.164 e. The van der Waals surface area contributed by atoms with Gasteiger partial charge in [0.25, 0.3) is 0 Å². The number of nitrogens with zero attached hydrogens (tertiary/aromatic N) is 2. The molecule has 1 aromatic rings. The van der Waals surface area contributed by atoms with Crippen LogP contribution in [0.1, 0.15) is 31.1 Å². The third-order valence-corrected chi connectivity index (χ3v) is 2.76. The molecule has 0 spiro atoms. The lowest BCUT2D eigenvalue weighted by molar-refractivity contribution is 0.101. The summed E-state index contributed by atoms with van der Waals surface area (Å²) in [5.41, 5.74) is 7.37. The van der Waals surface area contributed by atoms with Crippen LogP contribution in [0.25, 0.3) is 0 Å². The van der Waals surface area contributed by atoms with E-state index in [1.54, 1.807) is 6.07 Å². The van der Waals surface area contributed by atoms with Gasteiger partial charge in [-0.15, -0.1) is 4.91 Å². The smallest absolute Gasteiger partial charge is 0.164 e. The number of carbonyl (C=O) groups excluding carboxylic acids is 1. The molecule has 0 unspecified atom stereocenters. The summed E-state index contributed by atoms with van der Waals surface area (Å²) in [6, 6.07) is 3.26. The van der Waals surface area contributed by atoms with Crippen molar-refractivity contribution in [2.24, 2.45) is 5.18 Å². The van der Waals surface area contributed by atoms with Gasteiger partial charge in [-0.2, -0.15) is 0 Å². The second-order valence-electron chi connectivity index (χ2n) is 3.71. The average Bonchev–Trinajstić information content (AvgIpc) is 2.31. The number of nitrogens with two attached hydrogens (primary N) is 1. The molecule has 0 aliphatic heterocycles. The molecule has 17 heavy (non-hydrogen) atoms. The quantitative estimate of drug-likeness (QED) is 0.483. The fourth-order valence-corrected chi connectivity index (χ4v) is 1.88. The second kappa shape index (κ2) is 5.43. The highest BCUT2D eigenvalue weighted by atomic mass is 16.3. The summed E-state index contributed by atoms with van der Waals surface area (Å²) in [4.78, 5) is 24.2. The minimum atomic E-state index is -0.244. The maximum absolute atomic E-state index is 11.5. The molecule has 0 fully saturated rings. The number of nitroso groups, excluding NO2 is 1. The lowest BCUT2D eigenvalue weighted by atomic mass is 10.0. The number of hydrogen-bond donors (Lipinski definition) is 1. The number of ketones is 1. The van der Waals surface area contributed by atoms with Crippen molar-refractivity contribution < 1.29 is 4.79 Å². The fourth-order valence-electron chi connectivity index (χ4n) is 1.88. The molecule has 0 saturated carbocycles. The molecule has 1 rings (SSSR count). The number of benzene rings is 1. The Morgan fingerprint density at radius 1 is 1.35 bits per heavy atom. The summed E-state index contributed by atoms with van der Waals surface area (Å²) in [5.74, 6) is -0.244. The predicted molar refractivity (Wildman–Crippen MR) is 69.9 cm³/mol. The average molecular weight is 235 g/mol. The van der Waals surface area contributed by atoms with Crippen molar-refractivity contribution in [3.63, 3.8) is 0 Å². The first-order chi connectivity index (χ1) is 8.06. The van der Waals surface area contributed by atoms with E-state index in [-0.39, 0.29) is 17.0 Å². The van der Waals surface area contributed by atoms with Crippen LogP contribution in [0.4, 0.5) is 17.1 Å². The summed E-state index contributed by atoms with van der Waals surface area (Å²) in [7, 11) is 0. The van der Waals surface area contributed by atoms with Crippen molar-refractivity contribution in [1.82, 2.24) is 0 Å². The molecule has 0 aromatic heterocycles. The molecule has 0 heterocycles. The highest BCUT2D eigenvalue weighted by molar-refractivity contribution is 6.06. The van der Waals surface area contributed by atoms with Crippen LogP contribution in [0.3, 0.4) is 0 Å². The molecule has 0 saturated heterocycles. The van der Waals surface area contributed by atoms with Gasteiger partial charge in [0, 0.05) is 13.1 Å². The molecule has 0 amide bonds. The summed E-state index contributed by atoms with van der Waals surface area (Å²) < 4.78 is 0. The Hall–Kier alpha value is -1.91. The molecule has 1 aromatic carbocycles. The number of anilines is 2. The summed E-state index contributed by atoms with van der Waals surface area (Å²) in [6.45, 7) is 6.95. The first-order valence-corrected chi connectivity index (χ1v) is 5.58. The van der Waals surface area contributed by atoms with Gasteiger partial charge in [0.05, 0.1) is 16.9 Å². The van der Waals surface area contributed by atoms with Gasteiger partial charge in [0.15, 0.2) is 5.78 Å². The topological polar surface area (TPSA) is 75.8 Å². The van der Waals surface area contributed by atoms with E-state index >= 15 is 0 Å². The van der Waals surface area contributed by atoms with E-state index in [0.717, 1.165) is 18.8 Å². The second-order valence-corrected chi connectivity index (χ2v) is 3.71. The Morgan fingerprint density at radius 3 is 2.35 bits per heavy atom. The number of rotatable bonds is 5. The van der Waals surface area contributed by atoms with E-state index in [4.69, 9.17) is 5.73 Å². The van der Waals surface area contributed by atoms with Gasteiger partial charge >= 0.3 is 0 Å². The van der Waals surface area contributed by atoms with Crippen molar-refractivity contribution in [3.05, 3.63) is 22.6 Å². The minimum Gasteiger partial charge on any atom is -0.396 e. The van der Waals surface area contributed by atoms with Crippen LogP contribution in [-0.2, 0) is 0 Å². The molecule has 0 radical (unpaired) electrons.